The van der Waals surface area contributed by atoms with Gasteiger partial charge in [-0.2, -0.15) is 0 Å². The molecule has 0 saturated carbocycles. The van der Waals surface area contributed by atoms with E-state index in [0.29, 0.717) is 6.17 Å². The molecule has 1 aliphatic rings. The summed E-state index contributed by atoms with van der Waals surface area (Å²) in [5, 5.41) is 6.93. The van der Waals surface area contributed by atoms with Gasteiger partial charge in [-0.15, -0.1) is 0 Å². The Kier molecular flexibility index (Phi) is 3.60. The lowest BCUT2D eigenvalue weighted by Gasteiger charge is -2.17. The van der Waals surface area contributed by atoms with Crippen LogP contribution in [0.1, 0.15) is 12.5 Å². The van der Waals surface area contributed by atoms with Gasteiger partial charge in [0.1, 0.15) is 5.75 Å². The number of methoxy groups -OCH3 is 1. The van der Waals surface area contributed by atoms with Gasteiger partial charge in [0.2, 0.25) is 0 Å². The average molecular weight is 283 g/mol. The number of nitrogens with zero attached hydrogens (tertiary/aromatic N) is 1. The largest absolute Gasteiger partial charge is 0.497 e. The van der Waals surface area contributed by atoms with Crippen molar-refractivity contribution in [3.8, 4) is 5.75 Å². The summed E-state index contributed by atoms with van der Waals surface area (Å²) in [7, 11) is 3.79. The lowest BCUT2D eigenvalue weighted by Crippen LogP contribution is -2.28. The Balaban J connectivity index is 1.67. The van der Waals surface area contributed by atoms with Gasteiger partial charge in [-0.3, -0.25) is 0 Å². The van der Waals surface area contributed by atoms with Gasteiger partial charge < -0.3 is 20.3 Å². The smallest absolute Gasteiger partial charge is 0.118 e. The van der Waals surface area contributed by atoms with Crippen molar-refractivity contribution >= 4 is 17.1 Å². The van der Waals surface area contributed by atoms with Crippen LogP contribution in [0.3, 0.4) is 0 Å². The molecule has 1 atom stereocenters. The van der Waals surface area contributed by atoms with Crippen molar-refractivity contribution in [1.29, 1.82) is 0 Å². The van der Waals surface area contributed by atoms with E-state index < -0.39 is 0 Å². The highest BCUT2D eigenvalue weighted by Gasteiger charge is 2.21. The SMILES string of the molecule is COc1ccc(CNc2ccc3c(c2)NC(C)N3C)cc1. The van der Waals surface area contributed by atoms with E-state index in [1.54, 1.807) is 7.11 Å². The number of benzene rings is 2. The standard InChI is InChI=1S/C17H21N3O/c1-12-19-16-10-14(6-9-17(16)20(12)2)18-11-13-4-7-15(21-3)8-5-13/h4-10,12,18-19H,11H2,1-3H3. The zero-order valence-corrected chi connectivity index (χ0v) is 12.7. The highest BCUT2D eigenvalue weighted by molar-refractivity contribution is 5.79. The van der Waals surface area contributed by atoms with Crippen LogP contribution in [0.15, 0.2) is 42.5 Å². The fourth-order valence-electron chi connectivity index (χ4n) is 2.55. The van der Waals surface area contributed by atoms with Gasteiger partial charge in [0.05, 0.1) is 24.7 Å². The molecule has 0 aromatic heterocycles. The molecule has 1 unspecified atom stereocenters. The number of fused-ring (bicyclic) bond motifs is 1. The molecule has 0 amide bonds. The van der Waals surface area contributed by atoms with Crippen LogP contribution < -0.4 is 20.3 Å². The van der Waals surface area contributed by atoms with Gasteiger partial charge in [0.25, 0.3) is 0 Å². The fraction of sp³-hybridized carbons (Fsp3) is 0.294. The maximum atomic E-state index is 5.17. The molecule has 110 valence electrons. The molecule has 0 spiro atoms. The Hall–Kier alpha value is -2.36. The molecule has 2 N–H and O–H groups in total. The predicted molar refractivity (Wildman–Crippen MR) is 88.3 cm³/mol. The quantitative estimate of drug-likeness (QED) is 0.900. The summed E-state index contributed by atoms with van der Waals surface area (Å²) < 4.78 is 5.17. The molecule has 0 fully saturated rings. The zero-order valence-electron chi connectivity index (χ0n) is 12.7. The summed E-state index contributed by atoms with van der Waals surface area (Å²) in [6.07, 6.45) is 0.344. The highest BCUT2D eigenvalue weighted by atomic mass is 16.5. The maximum Gasteiger partial charge on any atom is 0.118 e. The predicted octanol–water partition coefficient (Wildman–Crippen LogP) is 3.52. The van der Waals surface area contributed by atoms with Crippen molar-refractivity contribution in [1.82, 2.24) is 0 Å². The van der Waals surface area contributed by atoms with E-state index in [9.17, 15) is 0 Å². The van der Waals surface area contributed by atoms with Crippen LogP contribution in [0.2, 0.25) is 0 Å². The van der Waals surface area contributed by atoms with Crippen LogP contribution in [0.5, 0.6) is 5.75 Å². The van der Waals surface area contributed by atoms with Crippen molar-refractivity contribution in [2.24, 2.45) is 0 Å². The fourth-order valence-corrected chi connectivity index (χ4v) is 2.55. The molecule has 3 rings (SSSR count). The second-order valence-corrected chi connectivity index (χ2v) is 5.36. The van der Waals surface area contributed by atoms with Gasteiger partial charge in [0, 0.05) is 19.3 Å². The van der Waals surface area contributed by atoms with Crippen LogP contribution in [-0.2, 0) is 6.54 Å². The number of rotatable bonds is 4. The van der Waals surface area contributed by atoms with Crippen LogP contribution in [0, 0.1) is 0 Å². The highest BCUT2D eigenvalue weighted by Crippen LogP contribution is 2.35. The summed E-state index contributed by atoms with van der Waals surface area (Å²) in [5.41, 5.74) is 4.79. The first kappa shape index (κ1) is 13.6. The minimum Gasteiger partial charge on any atom is -0.497 e. The third kappa shape index (κ3) is 2.75. The normalized spacial score (nSPS) is 16.3. The van der Waals surface area contributed by atoms with E-state index in [-0.39, 0.29) is 0 Å². The van der Waals surface area contributed by atoms with E-state index in [0.717, 1.165) is 18.0 Å². The molecule has 2 aromatic rings. The maximum absolute atomic E-state index is 5.17. The summed E-state index contributed by atoms with van der Waals surface area (Å²) >= 11 is 0. The van der Waals surface area contributed by atoms with Crippen molar-refractivity contribution in [3.05, 3.63) is 48.0 Å². The molecular formula is C17H21N3O. The Bertz CT molecular complexity index is 624. The van der Waals surface area contributed by atoms with Gasteiger partial charge in [0.15, 0.2) is 0 Å². The second-order valence-electron chi connectivity index (χ2n) is 5.36. The molecule has 21 heavy (non-hydrogen) atoms. The molecular weight excluding hydrogens is 262 g/mol. The topological polar surface area (TPSA) is 36.5 Å². The van der Waals surface area contributed by atoms with E-state index in [2.05, 4.69) is 59.8 Å². The second kappa shape index (κ2) is 5.56. The van der Waals surface area contributed by atoms with Gasteiger partial charge >= 0.3 is 0 Å². The number of ether oxygens (including phenoxy) is 1. The first-order valence-corrected chi connectivity index (χ1v) is 7.17. The summed E-state index contributed by atoms with van der Waals surface area (Å²) in [4.78, 5) is 2.24. The molecule has 1 heterocycles. The Labute approximate surface area is 125 Å². The number of nitrogens with one attached hydrogen (secondary N) is 2. The first-order chi connectivity index (χ1) is 10.2. The molecule has 1 aliphatic heterocycles. The zero-order chi connectivity index (χ0) is 14.8. The minimum atomic E-state index is 0.344. The third-order valence-electron chi connectivity index (χ3n) is 3.98. The molecule has 0 radical (unpaired) electrons. The number of anilines is 3. The van der Waals surface area contributed by atoms with E-state index in [1.807, 2.05) is 12.1 Å². The Morgan fingerprint density at radius 1 is 1.19 bits per heavy atom. The van der Waals surface area contributed by atoms with Gasteiger partial charge in [-0.1, -0.05) is 12.1 Å². The van der Waals surface area contributed by atoms with E-state index in [1.165, 1.54) is 16.9 Å². The summed E-state index contributed by atoms with van der Waals surface area (Å²) in [6, 6.07) is 14.6. The van der Waals surface area contributed by atoms with Crippen LogP contribution in [-0.4, -0.2) is 20.3 Å². The molecule has 0 saturated heterocycles. The molecule has 2 aromatic carbocycles. The Morgan fingerprint density at radius 3 is 2.67 bits per heavy atom. The lowest BCUT2D eigenvalue weighted by atomic mass is 10.2. The third-order valence-corrected chi connectivity index (χ3v) is 3.98. The first-order valence-electron chi connectivity index (χ1n) is 7.17. The molecule has 0 aliphatic carbocycles. The Morgan fingerprint density at radius 2 is 1.95 bits per heavy atom. The van der Waals surface area contributed by atoms with E-state index >= 15 is 0 Å². The number of hydrogen-bond acceptors (Lipinski definition) is 4. The van der Waals surface area contributed by atoms with Gasteiger partial charge in [-0.05, 0) is 42.8 Å². The van der Waals surface area contributed by atoms with Gasteiger partial charge in [-0.25, -0.2) is 0 Å². The van der Waals surface area contributed by atoms with Crippen LogP contribution in [0.4, 0.5) is 17.1 Å². The average Bonchev–Trinajstić information content (AvgIpc) is 2.80. The van der Waals surface area contributed by atoms with Crippen molar-refractivity contribution in [3.63, 3.8) is 0 Å². The summed E-state index contributed by atoms with van der Waals surface area (Å²) in [5.74, 6) is 0.887. The van der Waals surface area contributed by atoms with Crippen molar-refractivity contribution < 1.29 is 4.74 Å². The molecule has 0 bridgehead atoms. The minimum absolute atomic E-state index is 0.344. The molecule has 4 heteroatoms. The lowest BCUT2D eigenvalue weighted by molar-refractivity contribution is 0.414. The van der Waals surface area contributed by atoms with E-state index in [4.69, 9.17) is 4.74 Å². The van der Waals surface area contributed by atoms with Crippen LogP contribution >= 0.6 is 0 Å². The van der Waals surface area contributed by atoms with Crippen molar-refractivity contribution in [2.75, 3.05) is 29.7 Å². The van der Waals surface area contributed by atoms with Crippen LogP contribution in [0.25, 0.3) is 0 Å². The van der Waals surface area contributed by atoms with Crippen molar-refractivity contribution in [2.45, 2.75) is 19.6 Å². The monoisotopic (exact) mass is 283 g/mol. The molecule has 4 nitrogen and oxygen atoms in total. The summed E-state index contributed by atoms with van der Waals surface area (Å²) in [6.45, 7) is 2.96. The number of hydrogen-bond donors (Lipinski definition) is 2.